The van der Waals surface area contributed by atoms with E-state index in [0.29, 0.717) is 37.9 Å². The van der Waals surface area contributed by atoms with Crippen LogP contribution in [0.15, 0.2) is 24.3 Å². The average molecular weight is 349 g/mol. The lowest BCUT2D eigenvalue weighted by Crippen LogP contribution is -2.46. The maximum Gasteiger partial charge on any atom is 0.241 e. The summed E-state index contributed by atoms with van der Waals surface area (Å²) < 4.78 is 26.0. The zero-order chi connectivity index (χ0) is 17.7. The second-order valence-electron chi connectivity index (χ2n) is 6.09. The van der Waals surface area contributed by atoms with Gasteiger partial charge in [-0.15, -0.1) is 0 Å². The van der Waals surface area contributed by atoms with Crippen molar-refractivity contribution in [2.45, 2.75) is 38.8 Å². The number of carbonyl (C=O) groups excluding carboxylic acids is 1. The van der Waals surface area contributed by atoms with Gasteiger partial charge in [-0.3, -0.25) is 4.79 Å². The summed E-state index contributed by atoms with van der Waals surface area (Å²) in [6.45, 7) is 2.63. The number of likely N-dealkylation sites (N-methyl/N-ethyl adjacent to an activating group) is 1. The fourth-order valence-electron chi connectivity index (χ4n) is 2.99. The van der Waals surface area contributed by atoms with Crippen LogP contribution >= 0.6 is 0 Å². The molecule has 1 aromatic carbocycles. The summed E-state index contributed by atoms with van der Waals surface area (Å²) in [6, 6.07) is 8.50. The molecule has 1 saturated heterocycles. The number of nitrogens with zero attached hydrogens (tertiary/aromatic N) is 3. The molecule has 2 rings (SSSR count). The molecule has 6 nitrogen and oxygen atoms in total. The molecule has 130 valence electrons. The summed E-state index contributed by atoms with van der Waals surface area (Å²) >= 11 is 0. The number of rotatable bonds is 6. The normalized spacial score (nSPS) is 18.3. The largest absolute Gasteiger partial charge is 0.340 e. The summed E-state index contributed by atoms with van der Waals surface area (Å²) in [5, 5.41) is 8.81. The van der Waals surface area contributed by atoms with Crippen LogP contribution in [-0.4, -0.2) is 48.9 Å². The second-order valence-corrected chi connectivity index (χ2v) is 8.13. The Kier molecular flexibility index (Phi) is 5.97. The molecule has 1 aromatic rings. The van der Waals surface area contributed by atoms with Crippen molar-refractivity contribution < 1.29 is 13.2 Å². The van der Waals surface area contributed by atoms with Crippen LogP contribution in [0.4, 0.5) is 0 Å². The fraction of sp³-hybridized carbons (Fsp3) is 0.529. The lowest BCUT2D eigenvalue weighted by atomic mass is 10.1. The summed E-state index contributed by atoms with van der Waals surface area (Å²) in [5.74, 6) is -0.0904. The molecule has 0 unspecified atom stereocenters. The number of sulfonamides is 1. The molecule has 0 bridgehead atoms. The first-order valence-corrected chi connectivity index (χ1v) is 9.73. The molecule has 0 aliphatic carbocycles. The summed E-state index contributed by atoms with van der Waals surface area (Å²) in [4.78, 5) is 14.3. The Bertz CT molecular complexity index is 722. The predicted molar refractivity (Wildman–Crippen MR) is 91.4 cm³/mol. The highest BCUT2D eigenvalue weighted by atomic mass is 32.2. The van der Waals surface area contributed by atoms with Gasteiger partial charge in [0.05, 0.1) is 17.4 Å². The summed E-state index contributed by atoms with van der Waals surface area (Å²) in [6.07, 6.45) is 1.82. The van der Waals surface area contributed by atoms with Crippen molar-refractivity contribution in [3.63, 3.8) is 0 Å². The fourth-order valence-corrected chi connectivity index (χ4v) is 4.73. The van der Waals surface area contributed by atoms with Gasteiger partial charge in [0.15, 0.2) is 0 Å². The first-order chi connectivity index (χ1) is 11.4. The lowest BCUT2D eigenvalue weighted by Gasteiger charge is -2.27. The van der Waals surface area contributed by atoms with E-state index in [0.717, 1.165) is 5.56 Å². The molecule has 0 N–H and O–H groups in total. The Balaban J connectivity index is 2.07. The van der Waals surface area contributed by atoms with Crippen LogP contribution in [0.2, 0.25) is 0 Å². The molecular weight excluding hydrogens is 326 g/mol. The third-order valence-electron chi connectivity index (χ3n) is 4.19. The van der Waals surface area contributed by atoms with Gasteiger partial charge in [-0.25, -0.2) is 8.42 Å². The van der Waals surface area contributed by atoms with E-state index < -0.39 is 16.1 Å². The van der Waals surface area contributed by atoms with Gasteiger partial charge in [0.2, 0.25) is 15.9 Å². The molecule has 1 heterocycles. The minimum Gasteiger partial charge on any atom is -0.340 e. The van der Waals surface area contributed by atoms with Gasteiger partial charge in [0.1, 0.15) is 6.04 Å². The van der Waals surface area contributed by atoms with E-state index in [1.165, 1.54) is 4.31 Å². The second kappa shape index (κ2) is 7.77. The number of amides is 1. The highest BCUT2D eigenvalue weighted by Crippen LogP contribution is 2.24. The molecule has 24 heavy (non-hydrogen) atoms. The molecule has 0 radical (unpaired) electrons. The Hall–Kier alpha value is -1.91. The molecule has 1 atom stereocenters. The van der Waals surface area contributed by atoms with Crippen molar-refractivity contribution in [3.05, 3.63) is 35.4 Å². The van der Waals surface area contributed by atoms with Crippen molar-refractivity contribution in [2.75, 3.05) is 19.3 Å². The van der Waals surface area contributed by atoms with E-state index in [1.807, 2.05) is 19.1 Å². The van der Waals surface area contributed by atoms with Gasteiger partial charge in [0.25, 0.3) is 0 Å². The molecule has 0 aromatic heterocycles. The first-order valence-electron chi connectivity index (χ1n) is 8.12. The van der Waals surface area contributed by atoms with E-state index in [2.05, 4.69) is 6.07 Å². The van der Waals surface area contributed by atoms with Crippen LogP contribution in [-0.2, 0) is 21.4 Å². The Morgan fingerprint density at radius 1 is 1.38 bits per heavy atom. The van der Waals surface area contributed by atoms with Crippen molar-refractivity contribution in [2.24, 2.45) is 0 Å². The minimum atomic E-state index is -3.37. The SMILES string of the molecule is CCCS(=O)(=O)N1CCC[C@H]1C(=O)N(C)Cc1ccc(C#N)cc1. The van der Waals surface area contributed by atoms with E-state index in [9.17, 15) is 13.2 Å². The van der Waals surface area contributed by atoms with Crippen LogP contribution in [0.1, 0.15) is 37.3 Å². The zero-order valence-electron chi connectivity index (χ0n) is 14.1. The van der Waals surface area contributed by atoms with Gasteiger partial charge in [-0.1, -0.05) is 19.1 Å². The van der Waals surface area contributed by atoms with E-state index >= 15 is 0 Å². The molecular formula is C17H23N3O3S. The maximum absolute atomic E-state index is 12.7. The van der Waals surface area contributed by atoms with Crippen molar-refractivity contribution in [1.29, 1.82) is 5.26 Å². The van der Waals surface area contributed by atoms with Gasteiger partial charge in [-0.05, 0) is 37.0 Å². The van der Waals surface area contributed by atoms with Gasteiger partial charge in [0, 0.05) is 20.1 Å². The average Bonchev–Trinajstić information content (AvgIpc) is 3.05. The Morgan fingerprint density at radius 2 is 2.04 bits per heavy atom. The topological polar surface area (TPSA) is 81.5 Å². The van der Waals surface area contributed by atoms with Crippen molar-refractivity contribution in [1.82, 2.24) is 9.21 Å². The third-order valence-corrected chi connectivity index (χ3v) is 6.26. The summed E-state index contributed by atoms with van der Waals surface area (Å²) in [7, 11) is -1.69. The molecule has 7 heteroatoms. The molecule has 1 aliphatic heterocycles. The number of hydrogen-bond acceptors (Lipinski definition) is 4. The highest BCUT2D eigenvalue weighted by molar-refractivity contribution is 7.89. The smallest absolute Gasteiger partial charge is 0.241 e. The standard InChI is InChI=1S/C17H23N3O3S/c1-3-11-24(22,23)20-10-4-5-16(20)17(21)19(2)13-15-8-6-14(12-18)7-9-15/h6-9,16H,3-5,10-11,13H2,1-2H3/t16-/m0/s1. The first kappa shape index (κ1) is 18.4. The minimum absolute atomic E-state index is 0.0795. The van der Waals surface area contributed by atoms with Crippen molar-refractivity contribution in [3.8, 4) is 6.07 Å². The number of carbonyl (C=O) groups is 1. The molecule has 0 saturated carbocycles. The van der Waals surface area contributed by atoms with E-state index in [1.54, 1.807) is 24.1 Å². The van der Waals surface area contributed by atoms with Crippen LogP contribution in [0.5, 0.6) is 0 Å². The lowest BCUT2D eigenvalue weighted by molar-refractivity contribution is -0.133. The van der Waals surface area contributed by atoms with Crippen LogP contribution in [0.3, 0.4) is 0 Å². The Labute approximate surface area is 143 Å². The third kappa shape index (κ3) is 4.13. The Morgan fingerprint density at radius 3 is 2.62 bits per heavy atom. The number of nitriles is 1. The van der Waals surface area contributed by atoms with E-state index in [4.69, 9.17) is 5.26 Å². The molecule has 0 spiro atoms. The number of hydrogen-bond donors (Lipinski definition) is 0. The van der Waals surface area contributed by atoms with Gasteiger partial charge in [-0.2, -0.15) is 9.57 Å². The van der Waals surface area contributed by atoms with Crippen LogP contribution in [0.25, 0.3) is 0 Å². The van der Waals surface area contributed by atoms with Crippen LogP contribution in [0, 0.1) is 11.3 Å². The summed E-state index contributed by atoms with van der Waals surface area (Å²) in [5.41, 5.74) is 1.48. The molecule has 1 fully saturated rings. The van der Waals surface area contributed by atoms with E-state index in [-0.39, 0.29) is 11.7 Å². The quantitative estimate of drug-likeness (QED) is 0.783. The molecule has 1 aliphatic rings. The van der Waals surface area contributed by atoms with Gasteiger partial charge < -0.3 is 4.90 Å². The number of benzene rings is 1. The maximum atomic E-state index is 12.7. The van der Waals surface area contributed by atoms with Gasteiger partial charge >= 0.3 is 0 Å². The zero-order valence-corrected chi connectivity index (χ0v) is 14.9. The van der Waals surface area contributed by atoms with Crippen LogP contribution < -0.4 is 0 Å². The monoisotopic (exact) mass is 349 g/mol. The van der Waals surface area contributed by atoms with Crippen molar-refractivity contribution >= 4 is 15.9 Å². The molecule has 1 amide bonds. The predicted octanol–water partition coefficient (Wildman–Crippen LogP) is 1.72. The highest BCUT2D eigenvalue weighted by Gasteiger charge is 2.39.